The van der Waals surface area contributed by atoms with Crippen LogP contribution in [0, 0.1) is 0 Å². The first-order valence-corrected chi connectivity index (χ1v) is 6.92. The number of hydrogen-bond donors (Lipinski definition) is 2. The van der Waals surface area contributed by atoms with Gasteiger partial charge < -0.3 is 14.9 Å². The van der Waals surface area contributed by atoms with E-state index in [1.807, 2.05) is 42.5 Å². The van der Waals surface area contributed by atoms with Gasteiger partial charge in [0.25, 0.3) is 0 Å². The number of benzene rings is 2. The monoisotopic (exact) mass is 284 g/mol. The minimum Gasteiger partial charge on any atom is -0.497 e. The first-order chi connectivity index (χ1) is 10.2. The molecule has 0 saturated heterocycles. The van der Waals surface area contributed by atoms with Gasteiger partial charge in [-0.15, -0.1) is 0 Å². The van der Waals surface area contributed by atoms with Crippen molar-refractivity contribution in [3.63, 3.8) is 0 Å². The van der Waals surface area contributed by atoms with Gasteiger partial charge in [-0.05, 0) is 29.7 Å². The van der Waals surface area contributed by atoms with Gasteiger partial charge >= 0.3 is 0 Å². The van der Waals surface area contributed by atoms with E-state index in [9.17, 15) is 10.2 Å². The van der Waals surface area contributed by atoms with Crippen LogP contribution in [0.3, 0.4) is 0 Å². The molecule has 0 fully saturated rings. The normalized spacial score (nSPS) is 14.0. The van der Waals surface area contributed by atoms with Crippen molar-refractivity contribution in [2.75, 3.05) is 7.11 Å². The molecule has 3 nitrogen and oxygen atoms in total. The second-order valence-corrected chi connectivity index (χ2v) is 4.83. The highest BCUT2D eigenvalue weighted by molar-refractivity contribution is 5.48. The lowest BCUT2D eigenvalue weighted by Crippen LogP contribution is -2.17. The minimum atomic E-state index is -0.906. The number of hydrogen-bond acceptors (Lipinski definition) is 3. The largest absolute Gasteiger partial charge is 0.497 e. The quantitative estimate of drug-likeness (QED) is 0.856. The summed E-state index contributed by atoms with van der Waals surface area (Å²) >= 11 is 0. The average molecular weight is 284 g/mol. The summed E-state index contributed by atoms with van der Waals surface area (Å²) in [4.78, 5) is 0. The Morgan fingerprint density at radius 3 is 2.29 bits per heavy atom. The molecular weight excluding hydrogens is 264 g/mol. The van der Waals surface area contributed by atoms with Crippen LogP contribution in [0.5, 0.6) is 5.75 Å². The van der Waals surface area contributed by atoms with Crippen LogP contribution in [0.2, 0.25) is 0 Å². The average Bonchev–Trinajstić information content (AvgIpc) is 2.55. The minimum absolute atomic E-state index is 0.391. The van der Waals surface area contributed by atoms with Crippen LogP contribution < -0.4 is 4.74 Å². The van der Waals surface area contributed by atoms with Gasteiger partial charge in [-0.1, -0.05) is 54.6 Å². The Labute approximate surface area is 125 Å². The smallest absolute Gasteiger partial charge is 0.118 e. The summed E-state index contributed by atoms with van der Waals surface area (Å²) < 4.78 is 5.07. The highest BCUT2D eigenvalue weighted by Gasteiger charge is 2.16. The fourth-order valence-corrected chi connectivity index (χ4v) is 2.06. The standard InChI is InChI=1S/C18H20O3/c1-21-16-12-10-15(11-13-16)18(20)17(19)9-5-8-14-6-3-2-4-7-14/h2-8,10-13,17-20H,9H2,1H3/b8-5+/t17-,18-/m0/s1. The van der Waals surface area contributed by atoms with Gasteiger partial charge in [0.2, 0.25) is 0 Å². The van der Waals surface area contributed by atoms with Crippen LogP contribution in [0.1, 0.15) is 23.7 Å². The molecule has 2 rings (SSSR count). The van der Waals surface area contributed by atoms with Crippen molar-refractivity contribution in [3.05, 3.63) is 71.8 Å². The third-order valence-corrected chi connectivity index (χ3v) is 3.31. The Bertz CT molecular complexity index is 561. The van der Waals surface area contributed by atoms with Crippen LogP contribution in [-0.4, -0.2) is 23.4 Å². The molecule has 0 bridgehead atoms. The molecular formula is C18H20O3. The summed E-state index contributed by atoms with van der Waals surface area (Å²) in [6, 6.07) is 16.9. The van der Waals surface area contributed by atoms with E-state index in [0.29, 0.717) is 12.0 Å². The van der Waals surface area contributed by atoms with E-state index in [-0.39, 0.29) is 0 Å². The lowest BCUT2D eigenvalue weighted by atomic mass is 10.0. The maximum atomic E-state index is 10.1. The highest BCUT2D eigenvalue weighted by Crippen LogP contribution is 2.22. The van der Waals surface area contributed by atoms with Gasteiger partial charge in [0.05, 0.1) is 13.2 Å². The zero-order valence-corrected chi connectivity index (χ0v) is 12.0. The van der Waals surface area contributed by atoms with Crippen LogP contribution in [0.15, 0.2) is 60.7 Å². The SMILES string of the molecule is COc1ccc([C@H](O)[C@@H](O)C/C=C/c2ccccc2)cc1. The second-order valence-electron chi connectivity index (χ2n) is 4.83. The zero-order valence-electron chi connectivity index (χ0n) is 12.0. The summed E-state index contributed by atoms with van der Waals surface area (Å²) in [6.07, 6.45) is 2.45. The number of aliphatic hydroxyl groups excluding tert-OH is 2. The second kappa shape index (κ2) is 7.62. The molecule has 0 aliphatic heterocycles. The van der Waals surface area contributed by atoms with Crippen molar-refractivity contribution in [1.82, 2.24) is 0 Å². The van der Waals surface area contributed by atoms with Gasteiger partial charge in [0, 0.05) is 0 Å². The fourth-order valence-electron chi connectivity index (χ4n) is 2.06. The van der Waals surface area contributed by atoms with Crippen LogP contribution in [-0.2, 0) is 0 Å². The van der Waals surface area contributed by atoms with E-state index in [1.54, 1.807) is 31.4 Å². The van der Waals surface area contributed by atoms with Crippen molar-refractivity contribution < 1.29 is 14.9 Å². The molecule has 0 aliphatic carbocycles. The Hall–Kier alpha value is -2.10. The molecule has 0 aromatic heterocycles. The van der Waals surface area contributed by atoms with Crippen molar-refractivity contribution >= 4 is 6.08 Å². The molecule has 0 aliphatic rings. The molecule has 0 radical (unpaired) electrons. The molecule has 21 heavy (non-hydrogen) atoms. The molecule has 0 spiro atoms. The molecule has 2 N–H and O–H groups in total. The molecule has 110 valence electrons. The first-order valence-electron chi connectivity index (χ1n) is 6.92. The first kappa shape index (κ1) is 15.3. The molecule has 3 heteroatoms. The van der Waals surface area contributed by atoms with Crippen molar-refractivity contribution in [3.8, 4) is 5.75 Å². The lowest BCUT2D eigenvalue weighted by Gasteiger charge is -2.17. The van der Waals surface area contributed by atoms with Crippen molar-refractivity contribution in [2.45, 2.75) is 18.6 Å². The van der Waals surface area contributed by atoms with Crippen molar-refractivity contribution in [1.29, 1.82) is 0 Å². The summed E-state index contributed by atoms with van der Waals surface area (Å²) in [5, 5.41) is 20.2. The van der Waals surface area contributed by atoms with E-state index in [1.165, 1.54) is 0 Å². The molecule has 0 heterocycles. The molecule has 0 saturated carbocycles. The van der Waals surface area contributed by atoms with Gasteiger partial charge in [0.15, 0.2) is 0 Å². The van der Waals surface area contributed by atoms with Gasteiger partial charge in [-0.25, -0.2) is 0 Å². The van der Waals surface area contributed by atoms with Crippen LogP contribution in [0.4, 0.5) is 0 Å². The van der Waals surface area contributed by atoms with Gasteiger partial charge in [-0.3, -0.25) is 0 Å². The van der Waals surface area contributed by atoms with Gasteiger partial charge in [0.1, 0.15) is 11.9 Å². The topological polar surface area (TPSA) is 49.7 Å². The molecule has 0 unspecified atom stereocenters. The predicted octanol–water partition coefficient (Wildman–Crippen LogP) is 3.19. The highest BCUT2D eigenvalue weighted by atomic mass is 16.5. The fraction of sp³-hybridized carbons (Fsp3) is 0.222. The van der Waals surface area contributed by atoms with E-state index in [2.05, 4.69) is 0 Å². The predicted molar refractivity (Wildman–Crippen MR) is 84.1 cm³/mol. The van der Waals surface area contributed by atoms with E-state index in [0.717, 1.165) is 11.3 Å². The number of aliphatic hydroxyl groups is 2. The van der Waals surface area contributed by atoms with E-state index >= 15 is 0 Å². The number of rotatable bonds is 6. The third kappa shape index (κ3) is 4.45. The summed E-state index contributed by atoms with van der Waals surface area (Å²) in [5.74, 6) is 0.726. The van der Waals surface area contributed by atoms with Gasteiger partial charge in [-0.2, -0.15) is 0 Å². The molecule has 0 amide bonds. The Morgan fingerprint density at radius 2 is 1.67 bits per heavy atom. The summed E-state index contributed by atoms with van der Waals surface area (Å²) in [5.41, 5.74) is 1.75. The van der Waals surface area contributed by atoms with E-state index < -0.39 is 12.2 Å². The summed E-state index contributed by atoms with van der Waals surface area (Å²) in [7, 11) is 1.59. The maximum absolute atomic E-state index is 10.1. The van der Waals surface area contributed by atoms with Crippen LogP contribution in [0.25, 0.3) is 6.08 Å². The summed E-state index contributed by atoms with van der Waals surface area (Å²) in [6.45, 7) is 0. The Morgan fingerprint density at radius 1 is 1.00 bits per heavy atom. The van der Waals surface area contributed by atoms with E-state index in [4.69, 9.17) is 4.74 Å². The third-order valence-electron chi connectivity index (χ3n) is 3.31. The zero-order chi connectivity index (χ0) is 15.1. The lowest BCUT2D eigenvalue weighted by molar-refractivity contribution is 0.0207. The maximum Gasteiger partial charge on any atom is 0.118 e. The molecule has 2 atom stereocenters. The number of ether oxygens (including phenoxy) is 1. The molecule has 2 aromatic rings. The Kier molecular flexibility index (Phi) is 5.55. The van der Waals surface area contributed by atoms with Crippen molar-refractivity contribution in [2.24, 2.45) is 0 Å². The molecule has 2 aromatic carbocycles. The van der Waals surface area contributed by atoms with Crippen LogP contribution >= 0.6 is 0 Å². The number of methoxy groups -OCH3 is 1. The Balaban J connectivity index is 1.92.